The summed E-state index contributed by atoms with van der Waals surface area (Å²) in [6.07, 6.45) is 0.911. The number of hydrogen-bond donors (Lipinski definition) is 1. The van der Waals surface area contributed by atoms with Gasteiger partial charge in [0.15, 0.2) is 0 Å². The molecule has 2 aliphatic rings. The average Bonchev–Trinajstić information content (AvgIpc) is 3.14. The fourth-order valence-electron chi connectivity index (χ4n) is 3.09. The monoisotopic (exact) mass is 261 g/mol. The molecule has 0 spiro atoms. The van der Waals surface area contributed by atoms with Crippen LogP contribution in [0.25, 0.3) is 0 Å². The van der Waals surface area contributed by atoms with Crippen LogP contribution in [0.2, 0.25) is 0 Å². The molecule has 2 fully saturated rings. The van der Waals surface area contributed by atoms with E-state index in [0.717, 1.165) is 26.1 Å². The summed E-state index contributed by atoms with van der Waals surface area (Å²) in [4.78, 5) is 13.5. The number of hydrogen-bond acceptors (Lipinski definition) is 3. The first kappa shape index (κ1) is 12.6. The Morgan fingerprint density at radius 3 is 2.89 bits per heavy atom. The minimum Gasteiger partial charge on any atom is -0.481 e. The Morgan fingerprint density at radius 1 is 1.53 bits per heavy atom. The lowest BCUT2D eigenvalue weighted by molar-refractivity contribution is -0.143. The maximum Gasteiger partial charge on any atom is 0.309 e. The van der Waals surface area contributed by atoms with Crippen molar-refractivity contribution in [1.82, 2.24) is 4.90 Å². The average molecular weight is 261 g/mol. The van der Waals surface area contributed by atoms with E-state index in [1.54, 1.807) is 6.92 Å². The quantitative estimate of drug-likeness (QED) is 0.839. The molecule has 3 unspecified atom stereocenters. The number of piperidine rings is 1. The highest BCUT2D eigenvalue weighted by atomic mass is 16.6. The first-order valence-corrected chi connectivity index (χ1v) is 6.79. The number of carboxylic acids is 1. The van der Waals surface area contributed by atoms with Gasteiger partial charge in [-0.05, 0) is 18.9 Å². The topological polar surface area (TPSA) is 53.1 Å². The maximum atomic E-state index is 11.1. The summed E-state index contributed by atoms with van der Waals surface area (Å²) >= 11 is 0. The number of carboxylic acid groups (broad SMARTS) is 1. The first-order chi connectivity index (χ1) is 9.12. The van der Waals surface area contributed by atoms with Gasteiger partial charge in [-0.15, -0.1) is 0 Å². The normalized spacial score (nSPS) is 31.5. The summed E-state index contributed by atoms with van der Waals surface area (Å²) in [6.45, 7) is 4.42. The largest absolute Gasteiger partial charge is 0.481 e. The third-order valence-corrected chi connectivity index (χ3v) is 4.44. The third kappa shape index (κ3) is 2.26. The van der Waals surface area contributed by atoms with E-state index in [1.807, 2.05) is 18.2 Å². The molecule has 1 N–H and O–H groups in total. The standard InChI is InChI=1S/C15H19NO3/c1-11(14(17)18)15-7-8-16(10-13(15)19-15)9-12-5-3-2-4-6-12/h2-6,11,13H,7-10H2,1H3,(H,17,18). The zero-order valence-electron chi connectivity index (χ0n) is 11.1. The molecule has 4 heteroatoms. The van der Waals surface area contributed by atoms with Crippen LogP contribution in [0, 0.1) is 5.92 Å². The molecule has 1 aromatic rings. The van der Waals surface area contributed by atoms with Crippen LogP contribution < -0.4 is 0 Å². The number of epoxide rings is 1. The van der Waals surface area contributed by atoms with Gasteiger partial charge in [0.25, 0.3) is 0 Å². The van der Waals surface area contributed by atoms with Gasteiger partial charge in [-0.25, -0.2) is 0 Å². The van der Waals surface area contributed by atoms with Gasteiger partial charge in [-0.1, -0.05) is 30.3 Å². The molecular formula is C15H19NO3. The van der Waals surface area contributed by atoms with Crippen molar-refractivity contribution in [3.8, 4) is 0 Å². The van der Waals surface area contributed by atoms with E-state index in [1.165, 1.54) is 5.56 Å². The Kier molecular flexibility index (Phi) is 3.07. The maximum absolute atomic E-state index is 11.1. The number of likely N-dealkylation sites (tertiary alicyclic amines) is 1. The molecule has 3 atom stereocenters. The van der Waals surface area contributed by atoms with Crippen LogP contribution in [0.15, 0.2) is 30.3 Å². The molecule has 4 nitrogen and oxygen atoms in total. The molecule has 19 heavy (non-hydrogen) atoms. The highest BCUT2D eigenvalue weighted by molar-refractivity contribution is 5.72. The number of nitrogens with zero attached hydrogens (tertiary/aromatic N) is 1. The zero-order valence-corrected chi connectivity index (χ0v) is 11.1. The Hall–Kier alpha value is -1.39. The SMILES string of the molecule is CC(C(=O)O)C12CCN(Cc3ccccc3)CC1O2. The van der Waals surface area contributed by atoms with Gasteiger partial charge in [-0.2, -0.15) is 0 Å². The first-order valence-electron chi connectivity index (χ1n) is 6.79. The van der Waals surface area contributed by atoms with Crippen LogP contribution in [0.4, 0.5) is 0 Å². The summed E-state index contributed by atoms with van der Waals surface area (Å²) < 4.78 is 5.73. The van der Waals surface area contributed by atoms with E-state index in [4.69, 9.17) is 9.84 Å². The van der Waals surface area contributed by atoms with E-state index < -0.39 is 11.9 Å². The van der Waals surface area contributed by atoms with Gasteiger partial charge < -0.3 is 9.84 Å². The Labute approximate surface area is 113 Å². The molecule has 0 amide bonds. The van der Waals surface area contributed by atoms with Gasteiger partial charge in [0.1, 0.15) is 11.7 Å². The Morgan fingerprint density at radius 2 is 2.26 bits per heavy atom. The summed E-state index contributed by atoms with van der Waals surface area (Å²) in [5, 5.41) is 9.13. The van der Waals surface area contributed by atoms with Crippen molar-refractivity contribution in [1.29, 1.82) is 0 Å². The summed E-state index contributed by atoms with van der Waals surface area (Å²) in [5.41, 5.74) is 0.904. The van der Waals surface area contributed by atoms with Crippen molar-refractivity contribution in [2.75, 3.05) is 13.1 Å². The lowest BCUT2D eigenvalue weighted by Gasteiger charge is -2.30. The van der Waals surface area contributed by atoms with Crippen molar-refractivity contribution in [3.05, 3.63) is 35.9 Å². The van der Waals surface area contributed by atoms with Crippen molar-refractivity contribution in [2.24, 2.45) is 5.92 Å². The Bertz CT molecular complexity index is 476. The fraction of sp³-hybridized carbons (Fsp3) is 0.533. The third-order valence-electron chi connectivity index (χ3n) is 4.44. The van der Waals surface area contributed by atoms with Crippen molar-refractivity contribution in [3.63, 3.8) is 0 Å². The molecule has 3 rings (SSSR count). The van der Waals surface area contributed by atoms with Gasteiger partial charge >= 0.3 is 5.97 Å². The highest BCUT2D eigenvalue weighted by Gasteiger charge is 2.63. The second-order valence-corrected chi connectivity index (χ2v) is 5.59. The summed E-state index contributed by atoms with van der Waals surface area (Å²) in [6, 6.07) is 10.3. The molecular weight excluding hydrogens is 242 g/mol. The number of fused-ring (bicyclic) bond motifs is 1. The molecule has 2 aliphatic heterocycles. The highest BCUT2D eigenvalue weighted by Crippen LogP contribution is 2.49. The van der Waals surface area contributed by atoms with Crippen LogP contribution in [0.3, 0.4) is 0 Å². The van der Waals surface area contributed by atoms with Crippen LogP contribution in [-0.4, -0.2) is 40.8 Å². The number of benzene rings is 1. The molecule has 1 aromatic carbocycles. The Balaban J connectivity index is 1.60. The van der Waals surface area contributed by atoms with Gasteiger partial charge in [0.05, 0.1) is 5.92 Å². The lowest BCUT2D eigenvalue weighted by Crippen LogP contribution is -2.43. The van der Waals surface area contributed by atoms with E-state index >= 15 is 0 Å². The molecule has 0 aliphatic carbocycles. The van der Waals surface area contributed by atoms with Crippen molar-refractivity contribution < 1.29 is 14.6 Å². The van der Waals surface area contributed by atoms with E-state index in [2.05, 4.69) is 17.0 Å². The molecule has 0 aromatic heterocycles. The number of rotatable bonds is 4. The van der Waals surface area contributed by atoms with Crippen molar-refractivity contribution in [2.45, 2.75) is 31.6 Å². The molecule has 102 valence electrons. The number of ether oxygens (including phenoxy) is 1. The zero-order chi connectivity index (χ0) is 13.5. The minimum atomic E-state index is -0.751. The van der Waals surface area contributed by atoms with Crippen LogP contribution in [0.1, 0.15) is 18.9 Å². The van der Waals surface area contributed by atoms with E-state index in [0.29, 0.717) is 0 Å². The summed E-state index contributed by atoms with van der Waals surface area (Å²) in [7, 11) is 0. The van der Waals surface area contributed by atoms with E-state index in [-0.39, 0.29) is 11.7 Å². The smallest absolute Gasteiger partial charge is 0.309 e. The number of aliphatic carboxylic acids is 1. The van der Waals surface area contributed by atoms with Crippen LogP contribution >= 0.6 is 0 Å². The second kappa shape index (κ2) is 4.62. The van der Waals surface area contributed by atoms with Gasteiger partial charge in [0, 0.05) is 19.6 Å². The second-order valence-electron chi connectivity index (χ2n) is 5.59. The molecule has 0 saturated carbocycles. The predicted molar refractivity (Wildman–Crippen MR) is 70.7 cm³/mol. The van der Waals surface area contributed by atoms with E-state index in [9.17, 15) is 4.79 Å². The predicted octanol–water partition coefficient (Wildman–Crippen LogP) is 1.75. The van der Waals surface area contributed by atoms with Crippen LogP contribution in [-0.2, 0) is 16.1 Å². The van der Waals surface area contributed by atoms with Crippen LogP contribution in [0.5, 0.6) is 0 Å². The van der Waals surface area contributed by atoms with Gasteiger partial charge in [0.2, 0.25) is 0 Å². The number of carbonyl (C=O) groups is 1. The van der Waals surface area contributed by atoms with Gasteiger partial charge in [-0.3, -0.25) is 9.69 Å². The molecule has 2 saturated heterocycles. The molecule has 2 heterocycles. The summed E-state index contributed by atoms with van der Waals surface area (Å²) in [5.74, 6) is -1.16. The molecule has 0 bridgehead atoms. The minimum absolute atomic E-state index is 0.0936. The fourth-order valence-corrected chi connectivity index (χ4v) is 3.09. The molecule has 0 radical (unpaired) electrons. The lowest BCUT2D eigenvalue weighted by atomic mass is 9.85. The van der Waals surface area contributed by atoms with Crippen molar-refractivity contribution >= 4 is 5.97 Å².